The molecule has 1 aromatic carbocycles. The highest BCUT2D eigenvalue weighted by Crippen LogP contribution is 2.36. The monoisotopic (exact) mass is 326 g/mol. The lowest BCUT2D eigenvalue weighted by Crippen LogP contribution is -2.46. The molecule has 1 aliphatic rings. The predicted molar refractivity (Wildman–Crippen MR) is 69.3 cm³/mol. The summed E-state index contributed by atoms with van der Waals surface area (Å²) in [5.41, 5.74) is -0.874. The molecule has 1 fully saturated rings. The number of rotatable bonds is 3. The minimum atomic E-state index is -4.57. The molecule has 0 unspecified atom stereocenters. The molecule has 0 spiro atoms. The normalized spacial score (nSPS) is 19.2. The van der Waals surface area contributed by atoms with Gasteiger partial charge in [0, 0.05) is 32.2 Å². The molecule has 22 heavy (non-hydrogen) atoms. The minimum absolute atomic E-state index is 0.0500. The van der Waals surface area contributed by atoms with Gasteiger partial charge in [0.2, 0.25) is 0 Å². The summed E-state index contributed by atoms with van der Waals surface area (Å²) < 4.78 is 76.7. The number of hydrogen-bond acceptors (Lipinski definition) is 2. The third-order valence-electron chi connectivity index (χ3n) is 3.62. The Kier molecular flexibility index (Phi) is 5.01. The van der Waals surface area contributed by atoms with Gasteiger partial charge in [0.1, 0.15) is 0 Å². The number of alkyl halides is 6. The maximum Gasteiger partial charge on any atom is 0.416 e. The van der Waals surface area contributed by atoms with Crippen LogP contribution < -0.4 is 5.32 Å². The van der Waals surface area contributed by atoms with E-state index in [1.54, 1.807) is 4.90 Å². The summed E-state index contributed by atoms with van der Waals surface area (Å²) in [7, 11) is 0. The largest absolute Gasteiger partial charge is 0.416 e. The second-order valence-corrected chi connectivity index (χ2v) is 5.24. The first-order chi connectivity index (χ1) is 10.2. The molecule has 0 aliphatic carbocycles. The molecule has 1 saturated heterocycles. The van der Waals surface area contributed by atoms with Gasteiger partial charge in [-0.2, -0.15) is 26.3 Å². The smallest absolute Gasteiger partial charge is 0.314 e. The van der Waals surface area contributed by atoms with Crippen LogP contribution in [0, 0.1) is 0 Å². The first-order valence-electron chi connectivity index (χ1n) is 6.85. The molecule has 0 aromatic heterocycles. The molecule has 0 amide bonds. The Hall–Kier alpha value is -1.28. The van der Waals surface area contributed by atoms with E-state index in [-0.39, 0.29) is 5.56 Å². The standard InChI is InChI=1S/C14H16F6N2/c15-13(16,17)9-12(22-6-4-21-5-7-22)10-2-1-3-11(8-10)14(18,19)20/h1-3,8,12,21H,4-7,9H2/t12-/m1/s1. The summed E-state index contributed by atoms with van der Waals surface area (Å²) in [5, 5.41) is 3.02. The molecule has 1 atom stereocenters. The zero-order chi connectivity index (χ0) is 16.4. The Morgan fingerprint density at radius 2 is 1.68 bits per heavy atom. The Balaban J connectivity index is 2.31. The number of benzene rings is 1. The fraction of sp³-hybridized carbons (Fsp3) is 0.571. The Morgan fingerprint density at radius 1 is 1.05 bits per heavy atom. The lowest BCUT2D eigenvalue weighted by Gasteiger charge is -2.35. The number of nitrogens with one attached hydrogen (secondary N) is 1. The van der Waals surface area contributed by atoms with Crippen molar-refractivity contribution in [2.24, 2.45) is 0 Å². The van der Waals surface area contributed by atoms with Crippen LogP contribution in [0.15, 0.2) is 24.3 Å². The molecule has 1 N–H and O–H groups in total. The van der Waals surface area contributed by atoms with Crippen molar-refractivity contribution >= 4 is 0 Å². The zero-order valence-electron chi connectivity index (χ0n) is 11.6. The fourth-order valence-electron chi connectivity index (χ4n) is 2.59. The van der Waals surface area contributed by atoms with E-state index in [2.05, 4.69) is 5.32 Å². The van der Waals surface area contributed by atoms with E-state index < -0.39 is 30.4 Å². The molecule has 0 radical (unpaired) electrons. The molecule has 8 heteroatoms. The molecule has 0 bridgehead atoms. The van der Waals surface area contributed by atoms with E-state index in [1.807, 2.05) is 0 Å². The van der Waals surface area contributed by atoms with Crippen LogP contribution in [0.5, 0.6) is 0 Å². The molecule has 0 saturated carbocycles. The van der Waals surface area contributed by atoms with Gasteiger partial charge in [0.25, 0.3) is 0 Å². The van der Waals surface area contributed by atoms with Crippen LogP contribution in [0.3, 0.4) is 0 Å². The third kappa shape index (κ3) is 4.61. The summed E-state index contributed by atoms with van der Waals surface area (Å²) in [5.74, 6) is 0. The van der Waals surface area contributed by atoms with Crippen LogP contribution in [-0.2, 0) is 6.18 Å². The number of piperazine rings is 1. The highest BCUT2D eigenvalue weighted by atomic mass is 19.4. The van der Waals surface area contributed by atoms with Crippen molar-refractivity contribution in [2.75, 3.05) is 26.2 Å². The molecule has 124 valence electrons. The number of hydrogen-bond donors (Lipinski definition) is 1. The van der Waals surface area contributed by atoms with Gasteiger partial charge < -0.3 is 5.32 Å². The summed E-state index contributed by atoms with van der Waals surface area (Å²) >= 11 is 0. The first kappa shape index (κ1) is 17.1. The number of nitrogens with zero attached hydrogens (tertiary/aromatic N) is 1. The van der Waals surface area contributed by atoms with E-state index in [9.17, 15) is 26.3 Å². The Morgan fingerprint density at radius 3 is 2.23 bits per heavy atom. The quantitative estimate of drug-likeness (QED) is 0.854. The van der Waals surface area contributed by atoms with Gasteiger partial charge in [0.05, 0.1) is 12.0 Å². The molecular weight excluding hydrogens is 310 g/mol. The van der Waals surface area contributed by atoms with E-state index in [4.69, 9.17) is 0 Å². The Labute approximate surface area is 124 Å². The maximum atomic E-state index is 12.8. The highest BCUT2D eigenvalue weighted by molar-refractivity contribution is 5.28. The van der Waals surface area contributed by atoms with Gasteiger partial charge in [-0.3, -0.25) is 4.90 Å². The summed E-state index contributed by atoms with van der Waals surface area (Å²) in [6, 6.07) is 3.08. The highest BCUT2D eigenvalue weighted by Gasteiger charge is 2.37. The fourth-order valence-corrected chi connectivity index (χ4v) is 2.59. The molecular formula is C14H16F6N2. The zero-order valence-corrected chi connectivity index (χ0v) is 11.6. The van der Waals surface area contributed by atoms with E-state index in [0.29, 0.717) is 26.2 Å². The van der Waals surface area contributed by atoms with Crippen LogP contribution in [0.4, 0.5) is 26.3 Å². The predicted octanol–water partition coefficient (Wildman–Crippen LogP) is 3.60. The minimum Gasteiger partial charge on any atom is -0.314 e. The second-order valence-electron chi connectivity index (χ2n) is 5.24. The van der Waals surface area contributed by atoms with Gasteiger partial charge in [-0.25, -0.2) is 0 Å². The van der Waals surface area contributed by atoms with Gasteiger partial charge in [-0.05, 0) is 17.7 Å². The van der Waals surface area contributed by atoms with E-state index in [1.165, 1.54) is 6.07 Å². The van der Waals surface area contributed by atoms with Crippen molar-refractivity contribution in [3.8, 4) is 0 Å². The number of halogens is 6. The lowest BCUT2D eigenvalue weighted by atomic mass is 9.98. The maximum absolute atomic E-state index is 12.8. The van der Waals surface area contributed by atoms with Crippen molar-refractivity contribution in [3.63, 3.8) is 0 Å². The van der Waals surface area contributed by atoms with Crippen LogP contribution in [0.25, 0.3) is 0 Å². The summed E-state index contributed by atoms with van der Waals surface area (Å²) in [4.78, 5) is 1.58. The molecule has 1 aliphatic heterocycles. The summed E-state index contributed by atoms with van der Waals surface area (Å²) in [6.07, 6.45) is -10.2. The Bertz CT molecular complexity index is 491. The topological polar surface area (TPSA) is 15.3 Å². The molecule has 2 nitrogen and oxygen atoms in total. The van der Waals surface area contributed by atoms with Crippen LogP contribution in [0.1, 0.15) is 23.6 Å². The van der Waals surface area contributed by atoms with E-state index in [0.717, 1.165) is 18.2 Å². The van der Waals surface area contributed by atoms with Gasteiger partial charge in [0.15, 0.2) is 0 Å². The average molecular weight is 326 g/mol. The van der Waals surface area contributed by atoms with Crippen molar-refractivity contribution in [3.05, 3.63) is 35.4 Å². The van der Waals surface area contributed by atoms with Gasteiger partial charge in [-0.15, -0.1) is 0 Å². The molecule has 2 rings (SSSR count). The van der Waals surface area contributed by atoms with Gasteiger partial charge in [-0.1, -0.05) is 12.1 Å². The van der Waals surface area contributed by atoms with Crippen molar-refractivity contribution in [1.82, 2.24) is 10.2 Å². The molecule has 1 aromatic rings. The van der Waals surface area contributed by atoms with Crippen molar-refractivity contribution in [1.29, 1.82) is 0 Å². The van der Waals surface area contributed by atoms with Crippen molar-refractivity contribution < 1.29 is 26.3 Å². The average Bonchev–Trinajstić information content (AvgIpc) is 2.44. The molecule has 1 heterocycles. The SMILES string of the molecule is FC(F)(F)C[C@H](c1cccc(C(F)(F)F)c1)N1CCNCC1. The third-order valence-corrected chi connectivity index (χ3v) is 3.62. The summed E-state index contributed by atoms with van der Waals surface area (Å²) in [6.45, 7) is 1.79. The van der Waals surface area contributed by atoms with Crippen LogP contribution >= 0.6 is 0 Å². The van der Waals surface area contributed by atoms with E-state index >= 15 is 0 Å². The second kappa shape index (κ2) is 6.45. The van der Waals surface area contributed by atoms with Gasteiger partial charge >= 0.3 is 12.4 Å². The van der Waals surface area contributed by atoms with Crippen molar-refractivity contribution in [2.45, 2.75) is 24.8 Å². The lowest BCUT2D eigenvalue weighted by molar-refractivity contribution is -0.148. The van der Waals surface area contributed by atoms with Crippen LogP contribution in [-0.4, -0.2) is 37.3 Å². The first-order valence-corrected chi connectivity index (χ1v) is 6.85. The van der Waals surface area contributed by atoms with Crippen LogP contribution in [0.2, 0.25) is 0 Å².